The minimum absolute atomic E-state index is 0.158. The van der Waals surface area contributed by atoms with Gasteiger partial charge in [0.2, 0.25) is 0 Å². The molecule has 1 heterocycles. The predicted octanol–water partition coefficient (Wildman–Crippen LogP) is 2.75. The van der Waals surface area contributed by atoms with E-state index in [4.69, 9.17) is 5.26 Å². The lowest BCUT2D eigenvalue weighted by Crippen LogP contribution is -2.29. The summed E-state index contributed by atoms with van der Waals surface area (Å²) in [6, 6.07) is 2.10. The van der Waals surface area contributed by atoms with Gasteiger partial charge in [0, 0.05) is 6.54 Å². The molecule has 1 rings (SSSR count). The van der Waals surface area contributed by atoms with Crippen molar-refractivity contribution in [2.45, 2.75) is 34.6 Å². The molecule has 4 heteroatoms. The zero-order chi connectivity index (χ0) is 13.1. The van der Waals surface area contributed by atoms with Crippen LogP contribution in [0.5, 0.6) is 0 Å². The molecule has 0 aliphatic rings. The van der Waals surface area contributed by atoms with Crippen molar-refractivity contribution in [1.82, 2.24) is 9.97 Å². The molecule has 4 nitrogen and oxygen atoms in total. The Morgan fingerprint density at radius 2 is 2.12 bits per heavy atom. The predicted molar refractivity (Wildman–Crippen MR) is 68.6 cm³/mol. The summed E-state index contributed by atoms with van der Waals surface area (Å²) in [5, 5.41) is 12.2. The number of nitriles is 1. The van der Waals surface area contributed by atoms with Crippen LogP contribution in [0.4, 0.5) is 5.82 Å². The van der Waals surface area contributed by atoms with Gasteiger partial charge in [-0.25, -0.2) is 9.97 Å². The van der Waals surface area contributed by atoms with Crippen LogP contribution in [0.15, 0.2) is 6.20 Å². The number of aryl methyl sites for hydroxylation is 1. The summed E-state index contributed by atoms with van der Waals surface area (Å²) in [4.78, 5) is 8.28. The second-order valence-electron chi connectivity index (χ2n) is 5.29. The maximum Gasteiger partial charge on any atom is 0.147 e. The molecule has 0 aliphatic carbocycles. The molecule has 0 saturated carbocycles. The molecular formula is C13H20N4. The van der Waals surface area contributed by atoms with Crippen LogP contribution in [0.3, 0.4) is 0 Å². The van der Waals surface area contributed by atoms with Crippen LogP contribution in [0, 0.1) is 29.6 Å². The zero-order valence-corrected chi connectivity index (χ0v) is 11.2. The molecule has 0 saturated heterocycles. The molecular weight excluding hydrogens is 212 g/mol. The molecule has 0 fully saturated rings. The van der Waals surface area contributed by atoms with E-state index in [1.165, 1.54) is 0 Å². The fourth-order valence-corrected chi connectivity index (χ4v) is 1.20. The fraction of sp³-hybridized carbons (Fsp3) is 0.615. The van der Waals surface area contributed by atoms with E-state index in [-0.39, 0.29) is 5.41 Å². The lowest BCUT2D eigenvalue weighted by Gasteiger charge is -2.29. The highest BCUT2D eigenvalue weighted by Crippen LogP contribution is 2.26. The van der Waals surface area contributed by atoms with Crippen molar-refractivity contribution >= 4 is 5.82 Å². The summed E-state index contributed by atoms with van der Waals surface area (Å²) in [5.41, 5.74) is 0.654. The van der Waals surface area contributed by atoms with E-state index >= 15 is 0 Å². The number of nitrogens with zero attached hydrogens (tertiary/aromatic N) is 3. The summed E-state index contributed by atoms with van der Waals surface area (Å²) < 4.78 is 0. The highest BCUT2D eigenvalue weighted by molar-refractivity contribution is 5.50. The average Bonchev–Trinajstić information content (AvgIpc) is 2.26. The first-order chi connectivity index (χ1) is 7.86. The summed E-state index contributed by atoms with van der Waals surface area (Å²) >= 11 is 0. The largest absolute Gasteiger partial charge is 0.368 e. The lowest BCUT2D eigenvalue weighted by atomic mass is 9.81. The van der Waals surface area contributed by atoms with Crippen molar-refractivity contribution in [1.29, 1.82) is 5.26 Å². The molecule has 0 radical (unpaired) electrons. The Labute approximate surface area is 103 Å². The Kier molecular flexibility index (Phi) is 4.06. The molecule has 1 N–H and O–H groups in total. The van der Waals surface area contributed by atoms with Crippen molar-refractivity contribution in [3.05, 3.63) is 17.6 Å². The van der Waals surface area contributed by atoms with E-state index in [1.54, 1.807) is 6.20 Å². The van der Waals surface area contributed by atoms with E-state index in [1.807, 2.05) is 6.92 Å². The number of aromatic nitrogens is 2. The SMILES string of the molecule is Cc1ncc(C#N)c(NCC(C)(C)C(C)C)n1. The van der Waals surface area contributed by atoms with Gasteiger partial charge in [-0.1, -0.05) is 27.7 Å². The van der Waals surface area contributed by atoms with Crippen LogP contribution >= 0.6 is 0 Å². The van der Waals surface area contributed by atoms with E-state index in [0.717, 1.165) is 6.54 Å². The van der Waals surface area contributed by atoms with Crippen molar-refractivity contribution in [3.63, 3.8) is 0 Å². The number of hydrogen-bond donors (Lipinski definition) is 1. The first kappa shape index (κ1) is 13.4. The second-order valence-corrected chi connectivity index (χ2v) is 5.29. The quantitative estimate of drug-likeness (QED) is 0.867. The maximum atomic E-state index is 8.98. The Bertz CT molecular complexity index is 430. The molecule has 0 aliphatic heterocycles. The standard InChI is InChI=1S/C13H20N4/c1-9(2)13(4,5)8-16-12-11(6-14)7-15-10(3)17-12/h7,9H,8H2,1-5H3,(H,15,16,17). The van der Waals surface area contributed by atoms with Crippen molar-refractivity contribution < 1.29 is 0 Å². The molecule has 0 unspecified atom stereocenters. The molecule has 0 amide bonds. The van der Waals surface area contributed by atoms with Crippen LogP contribution in [0.25, 0.3) is 0 Å². The smallest absolute Gasteiger partial charge is 0.147 e. The van der Waals surface area contributed by atoms with Gasteiger partial charge in [0.25, 0.3) is 0 Å². The first-order valence-corrected chi connectivity index (χ1v) is 5.84. The summed E-state index contributed by atoms with van der Waals surface area (Å²) in [6.07, 6.45) is 1.56. The fourth-order valence-electron chi connectivity index (χ4n) is 1.20. The number of hydrogen-bond acceptors (Lipinski definition) is 4. The van der Waals surface area contributed by atoms with Crippen LogP contribution in [0.1, 0.15) is 39.1 Å². The molecule has 1 aromatic heterocycles. The molecule has 92 valence electrons. The van der Waals surface area contributed by atoms with Gasteiger partial charge in [-0.3, -0.25) is 0 Å². The molecule has 0 spiro atoms. The van der Waals surface area contributed by atoms with E-state index in [2.05, 4.69) is 49.0 Å². The highest BCUT2D eigenvalue weighted by atomic mass is 15.0. The van der Waals surface area contributed by atoms with Gasteiger partial charge in [0.1, 0.15) is 23.3 Å². The molecule has 0 atom stereocenters. The molecule has 1 aromatic rings. The van der Waals surface area contributed by atoms with Crippen LogP contribution < -0.4 is 5.32 Å². The second kappa shape index (κ2) is 5.13. The van der Waals surface area contributed by atoms with Crippen molar-refractivity contribution in [2.75, 3.05) is 11.9 Å². The Morgan fingerprint density at radius 1 is 1.47 bits per heavy atom. The van der Waals surface area contributed by atoms with Gasteiger partial charge < -0.3 is 5.32 Å². The highest BCUT2D eigenvalue weighted by Gasteiger charge is 2.22. The summed E-state index contributed by atoms with van der Waals surface area (Å²) in [6.45, 7) is 11.4. The van der Waals surface area contributed by atoms with Gasteiger partial charge in [0.05, 0.1) is 6.20 Å². The van der Waals surface area contributed by atoms with Gasteiger partial charge >= 0.3 is 0 Å². The topological polar surface area (TPSA) is 61.6 Å². The normalized spacial score (nSPS) is 11.4. The third kappa shape index (κ3) is 3.42. The summed E-state index contributed by atoms with van der Waals surface area (Å²) in [5.74, 6) is 1.87. The van der Waals surface area contributed by atoms with Crippen molar-refractivity contribution in [3.8, 4) is 6.07 Å². The van der Waals surface area contributed by atoms with Gasteiger partial charge in [-0.15, -0.1) is 0 Å². The van der Waals surface area contributed by atoms with Gasteiger partial charge in [0.15, 0.2) is 0 Å². The monoisotopic (exact) mass is 232 g/mol. The van der Waals surface area contributed by atoms with Crippen LogP contribution in [-0.4, -0.2) is 16.5 Å². The lowest BCUT2D eigenvalue weighted by molar-refractivity contribution is 0.269. The van der Waals surface area contributed by atoms with E-state index in [9.17, 15) is 0 Å². The number of nitrogens with one attached hydrogen (secondary N) is 1. The van der Waals surface area contributed by atoms with Crippen LogP contribution in [-0.2, 0) is 0 Å². The van der Waals surface area contributed by atoms with Crippen molar-refractivity contribution in [2.24, 2.45) is 11.3 Å². The van der Waals surface area contributed by atoms with Gasteiger partial charge in [-0.2, -0.15) is 5.26 Å². The zero-order valence-electron chi connectivity index (χ0n) is 11.2. The Balaban J connectivity index is 2.83. The summed E-state index contributed by atoms with van der Waals surface area (Å²) in [7, 11) is 0. The molecule has 0 bridgehead atoms. The third-order valence-electron chi connectivity index (χ3n) is 3.30. The number of anilines is 1. The van der Waals surface area contributed by atoms with Gasteiger partial charge in [-0.05, 0) is 18.3 Å². The Hall–Kier alpha value is -1.63. The Morgan fingerprint density at radius 3 is 2.65 bits per heavy atom. The number of rotatable bonds is 4. The molecule has 17 heavy (non-hydrogen) atoms. The molecule has 0 aromatic carbocycles. The van der Waals surface area contributed by atoms with Crippen LogP contribution in [0.2, 0.25) is 0 Å². The third-order valence-corrected chi connectivity index (χ3v) is 3.30. The first-order valence-electron chi connectivity index (χ1n) is 5.84. The van der Waals surface area contributed by atoms with E-state index in [0.29, 0.717) is 23.1 Å². The minimum Gasteiger partial charge on any atom is -0.368 e. The van der Waals surface area contributed by atoms with E-state index < -0.39 is 0 Å². The minimum atomic E-state index is 0.158. The average molecular weight is 232 g/mol. The maximum absolute atomic E-state index is 8.98.